The molecule has 0 bridgehead atoms. The second-order valence-corrected chi connectivity index (χ2v) is 10.8. The molecule has 3 unspecified atom stereocenters. The van der Waals surface area contributed by atoms with E-state index in [4.69, 9.17) is 9.47 Å². The van der Waals surface area contributed by atoms with Gasteiger partial charge in [0.05, 0.1) is 18.6 Å². The molecule has 8 atom stereocenters. The summed E-state index contributed by atoms with van der Waals surface area (Å²) in [4.78, 5) is 26.9. The summed E-state index contributed by atoms with van der Waals surface area (Å²) in [5.74, 6) is -0.136. The number of thioether (sulfide) groups is 1. The van der Waals surface area contributed by atoms with Crippen molar-refractivity contribution in [1.82, 2.24) is 15.5 Å². The van der Waals surface area contributed by atoms with Crippen LogP contribution < -0.4 is 10.6 Å². The SMILES string of the molecule is CCCC1CCNC(C(=O)NC(C(C)C)[C@H]2O[C@H](SC)[C@H](OC(=O)CN(C)C)[C@@H](O)[C@H]2O)C1. The molecule has 10 heteroatoms. The third-order valence-corrected chi connectivity index (χ3v) is 7.28. The molecule has 9 nitrogen and oxygen atoms in total. The summed E-state index contributed by atoms with van der Waals surface area (Å²) < 4.78 is 11.6. The van der Waals surface area contributed by atoms with Crippen LogP contribution >= 0.6 is 11.8 Å². The number of hydrogen-bond donors (Lipinski definition) is 4. The molecule has 4 N–H and O–H groups in total. The highest BCUT2D eigenvalue weighted by Crippen LogP contribution is 2.32. The zero-order valence-corrected chi connectivity index (χ0v) is 21.6. The number of aliphatic hydroxyl groups excluding tert-OH is 2. The summed E-state index contributed by atoms with van der Waals surface area (Å²) in [5, 5.41) is 28.1. The molecule has 2 heterocycles. The fourth-order valence-electron chi connectivity index (χ4n) is 4.68. The molecule has 2 aliphatic heterocycles. The molecule has 0 aliphatic carbocycles. The van der Waals surface area contributed by atoms with Gasteiger partial charge in [0.15, 0.2) is 6.10 Å². The van der Waals surface area contributed by atoms with Crippen molar-refractivity contribution in [2.45, 2.75) is 88.4 Å². The molecule has 2 rings (SSSR count). The van der Waals surface area contributed by atoms with Gasteiger partial charge in [-0.3, -0.25) is 14.5 Å². The molecule has 0 radical (unpaired) electrons. The minimum absolute atomic E-state index is 0.0498. The first-order chi connectivity index (χ1) is 15.6. The largest absolute Gasteiger partial charge is 0.455 e. The highest BCUT2D eigenvalue weighted by Gasteiger charge is 2.50. The van der Waals surface area contributed by atoms with Gasteiger partial charge >= 0.3 is 5.97 Å². The van der Waals surface area contributed by atoms with Crippen LogP contribution in [0.2, 0.25) is 0 Å². The van der Waals surface area contributed by atoms with E-state index in [9.17, 15) is 19.8 Å². The van der Waals surface area contributed by atoms with E-state index in [1.807, 2.05) is 13.8 Å². The summed E-state index contributed by atoms with van der Waals surface area (Å²) in [6.45, 7) is 6.91. The van der Waals surface area contributed by atoms with Gasteiger partial charge in [0, 0.05) is 0 Å². The summed E-state index contributed by atoms with van der Waals surface area (Å²) in [5.41, 5.74) is -0.667. The van der Waals surface area contributed by atoms with Crippen LogP contribution in [0.1, 0.15) is 46.5 Å². The van der Waals surface area contributed by atoms with Gasteiger partial charge in [-0.2, -0.15) is 0 Å². The molecule has 0 aromatic heterocycles. The van der Waals surface area contributed by atoms with E-state index < -0.39 is 41.9 Å². The number of hydrogen-bond acceptors (Lipinski definition) is 9. The quantitative estimate of drug-likeness (QED) is 0.327. The number of nitrogens with zero attached hydrogens (tertiary/aromatic N) is 1. The Bertz CT molecular complexity index is 633. The van der Waals surface area contributed by atoms with Gasteiger partial charge in [0.2, 0.25) is 5.91 Å². The Balaban J connectivity index is 2.10. The number of nitrogens with one attached hydrogen (secondary N) is 2. The van der Waals surface area contributed by atoms with Crippen LogP contribution in [0.5, 0.6) is 0 Å². The molecule has 0 aromatic carbocycles. The molecule has 192 valence electrons. The van der Waals surface area contributed by atoms with Gasteiger partial charge in [-0.05, 0) is 51.6 Å². The van der Waals surface area contributed by atoms with Crippen LogP contribution in [0.4, 0.5) is 0 Å². The van der Waals surface area contributed by atoms with Crippen molar-refractivity contribution in [1.29, 1.82) is 0 Å². The lowest BCUT2D eigenvalue weighted by molar-refractivity contribution is -0.221. The number of carbonyl (C=O) groups is 2. The lowest BCUT2D eigenvalue weighted by Gasteiger charge is -2.45. The van der Waals surface area contributed by atoms with Crippen molar-refractivity contribution >= 4 is 23.6 Å². The predicted molar refractivity (Wildman–Crippen MR) is 129 cm³/mol. The Morgan fingerprint density at radius 1 is 1.27 bits per heavy atom. The number of esters is 1. The highest BCUT2D eigenvalue weighted by molar-refractivity contribution is 7.99. The van der Waals surface area contributed by atoms with E-state index in [2.05, 4.69) is 17.6 Å². The maximum Gasteiger partial charge on any atom is 0.320 e. The maximum absolute atomic E-state index is 13.1. The predicted octanol–water partition coefficient (Wildman–Crippen LogP) is 0.579. The van der Waals surface area contributed by atoms with Crippen LogP contribution in [0.3, 0.4) is 0 Å². The zero-order valence-electron chi connectivity index (χ0n) is 20.8. The minimum Gasteiger partial charge on any atom is -0.455 e. The van der Waals surface area contributed by atoms with Gasteiger partial charge in [-0.1, -0.05) is 33.6 Å². The van der Waals surface area contributed by atoms with E-state index in [1.165, 1.54) is 11.8 Å². The molecular formula is C23H43N3O6S. The van der Waals surface area contributed by atoms with Crippen molar-refractivity contribution in [3.8, 4) is 0 Å². The maximum atomic E-state index is 13.1. The third kappa shape index (κ3) is 7.80. The number of rotatable bonds is 10. The Morgan fingerprint density at radius 2 is 1.97 bits per heavy atom. The van der Waals surface area contributed by atoms with Gasteiger partial charge in [-0.15, -0.1) is 11.8 Å². The first-order valence-electron chi connectivity index (χ1n) is 12.0. The van der Waals surface area contributed by atoms with Gasteiger partial charge in [0.1, 0.15) is 23.7 Å². The number of piperidine rings is 1. The highest BCUT2D eigenvalue weighted by atomic mass is 32.2. The number of ether oxygens (including phenoxy) is 2. The number of amides is 1. The lowest BCUT2D eigenvalue weighted by Crippen LogP contribution is -2.65. The van der Waals surface area contributed by atoms with E-state index in [0.717, 1.165) is 32.2 Å². The van der Waals surface area contributed by atoms with E-state index in [0.29, 0.717) is 5.92 Å². The molecule has 0 spiro atoms. The Hall–Kier alpha value is -0.910. The van der Waals surface area contributed by atoms with Gasteiger partial charge < -0.3 is 30.3 Å². The summed E-state index contributed by atoms with van der Waals surface area (Å²) in [6.07, 6.45) is 1.39. The van der Waals surface area contributed by atoms with Crippen molar-refractivity contribution < 1.29 is 29.3 Å². The van der Waals surface area contributed by atoms with Crippen LogP contribution in [0.15, 0.2) is 0 Å². The number of aliphatic hydroxyl groups is 2. The average molecular weight is 490 g/mol. The molecule has 2 aliphatic rings. The fourth-order valence-corrected chi connectivity index (χ4v) is 5.41. The average Bonchev–Trinajstić information content (AvgIpc) is 2.75. The van der Waals surface area contributed by atoms with Crippen molar-refractivity contribution in [3.05, 3.63) is 0 Å². The summed E-state index contributed by atoms with van der Waals surface area (Å²) >= 11 is 1.30. The molecule has 2 fully saturated rings. The van der Waals surface area contributed by atoms with Crippen LogP contribution in [0.25, 0.3) is 0 Å². The molecular weight excluding hydrogens is 446 g/mol. The Kier molecular flexibility index (Phi) is 11.4. The van der Waals surface area contributed by atoms with E-state index in [1.54, 1.807) is 25.3 Å². The normalized spacial score (nSPS) is 33.7. The molecule has 1 amide bonds. The molecule has 2 saturated heterocycles. The third-order valence-electron chi connectivity index (χ3n) is 6.43. The fraction of sp³-hybridized carbons (Fsp3) is 0.913. The van der Waals surface area contributed by atoms with E-state index >= 15 is 0 Å². The Labute approximate surface area is 202 Å². The Morgan fingerprint density at radius 3 is 2.55 bits per heavy atom. The smallest absolute Gasteiger partial charge is 0.320 e. The zero-order chi connectivity index (χ0) is 24.7. The first kappa shape index (κ1) is 28.3. The summed E-state index contributed by atoms with van der Waals surface area (Å²) in [7, 11) is 3.49. The summed E-state index contributed by atoms with van der Waals surface area (Å²) in [6, 6.07) is -0.790. The number of carbonyl (C=O) groups excluding carboxylic acids is 2. The van der Waals surface area contributed by atoms with Crippen molar-refractivity contribution in [2.24, 2.45) is 11.8 Å². The van der Waals surface area contributed by atoms with E-state index in [-0.39, 0.29) is 24.4 Å². The first-order valence-corrected chi connectivity index (χ1v) is 13.3. The van der Waals surface area contributed by atoms with Crippen molar-refractivity contribution in [2.75, 3.05) is 33.4 Å². The second kappa shape index (κ2) is 13.3. The van der Waals surface area contributed by atoms with Crippen LogP contribution in [-0.2, 0) is 19.1 Å². The topological polar surface area (TPSA) is 120 Å². The minimum atomic E-state index is -1.33. The van der Waals surface area contributed by atoms with Crippen LogP contribution in [-0.4, -0.2) is 102 Å². The van der Waals surface area contributed by atoms with Gasteiger partial charge in [0.25, 0.3) is 0 Å². The monoisotopic (exact) mass is 489 g/mol. The molecule has 33 heavy (non-hydrogen) atoms. The van der Waals surface area contributed by atoms with Crippen LogP contribution in [0, 0.1) is 11.8 Å². The lowest BCUT2D eigenvalue weighted by atomic mass is 9.86. The van der Waals surface area contributed by atoms with Gasteiger partial charge in [-0.25, -0.2) is 0 Å². The second-order valence-electron chi connectivity index (χ2n) is 9.84. The number of likely N-dealkylation sites (N-methyl/N-ethyl adjacent to an activating group) is 1. The van der Waals surface area contributed by atoms with Crippen molar-refractivity contribution in [3.63, 3.8) is 0 Å². The standard InChI is InChI=1S/C23H43N3O6S/c1-7-8-14-9-10-24-15(11-14)22(30)25-17(13(2)3)20-18(28)19(29)21(23(32-20)33-6)31-16(27)12-26(4)5/h13-15,17-21,23-24,28-29H,7-12H2,1-6H3,(H,25,30)/t14?,15?,17?,18-,19+,20-,21-,23-/m1/s1. The molecule has 0 aromatic rings. The molecule has 0 saturated carbocycles.